The van der Waals surface area contributed by atoms with E-state index in [0.29, 0.717) is 18.8 Å². The van der Waals surface area contributed by atoms with Crippen LogP contribution in [0.5, 0.6) is 0 Å². The minimum Gasteiger partial charge on any atom is -0.468 e. The van der Waals surface area contributed by atoms with E-state index in [1.807, 2.05) is 0 Å². The summed E-state index contributed by atoms with van der Waals surface area (Å²) in [7, 11) is 1.62. The minimum absolute atomic E-state index is 0.0474. The van der Waals surface area contributed by atoms with Gasteiger partial charge in [-0.25, -0.2) is 0 Å². The molecule has 0 fully saturated rings. The van der Waals surface area contributed by atoms with E-state index in [0.717, 1.165) is 5.56 Å². The summed E-state index contributed by atoms with van der Waals surface area (Å²) in [6.45, 7) is 0.628. The van der Waals surface area contributed by atoms with E-state index in [1.165, 1.54) is 6.26 Å². The molecule has 0 bridgehead atoms. The average molecular weight is 236 g/mol. The molecule has 0 aromatic carbocycles. The topological polar surface area (TPSA) is 42.4 Å². The van der Waals surface area contributed by atoms with Crippen molar-refractivity contribution in [3.05, 3.63) is 23.7 Å². The molecule has 2 N–H and O–H groups in total. The summed E-state index contributed by atoms with van der Waals surface area (Å²) in [4.78, 5) is 1.56. The molecule has 0 aliphatic carbocycles. The monoisotopic (exact) mass is 236 g/mol. The molecule has 16 heavy (non-hydrogen) atoms. The van der Waals surface area contributed by atoms with Gasteiger partial charge in [0.1, 0.15) is 5.76 Å². The molecule has 0 amide bonds. The van der Waals surface area contributed by atoms with Gasteiger partial charge in [0, 0.05) is 18.7 Å². The first-order valence-corrected chi connectivity index (χ1v) is 4.93. The summed E-state index contributed by atoms with van der Waals surface area (Å²) in [5.74, 6) is 0.632. The molecule has 0 radical (unpaired) electrons. The van der Waals surface area contributed by atoms with Crippen molar-refractivity contribution in [2.24, 2.45) is 5.73 Å². The number of furan rings is 1. The fraction of sp³-hybridized carbons (Fsp3) is 0.600. The Labute approximate surface area is 92.0 Å². The molecular weight excluding hydrogens is 221 g/mol. The highest BCUT2D eigenvalue weighted by atomic mass is 19.4. The van der Waals surface area contributed by atoms with Crippen molar-refractivity contribution in [3.8, 4) is 0 Å². The summed E-state index contributed by atoms with van der Waals surface area (Å²) < 4.78 is 41.1. The van der Waals surface area contributed by atoms with Crippen molar-refractivity contribution in [2.75, 3.05) is 13.6 Å². The van der Waals surface area contributed by atoms with Crippen molar-refractivity contribution < 1.29 is 17.6 Å². The Hall–Kier alpha value is -1.01. The van der Waals surface area contributed by atoms with Gasteiger partial charge in [0.25, 0.3) is 0 Å². The second-order valence-electron chi connectivity index (χ2n) is 3.68. The Morgan fingerprint density at radius 3 is 2.69 bits per heavy atom. The van der Waals surface area contributed by atoms with Crippen LogP contribution in [0.2, 0.25) is 0 Å². The number of nitrogens with two attached hydrogens (primary N) is 1. The normalized spacial score (nSPS) is 12.4. The standard InChI is InChI=1S/C10H15F3N2O/c1-15(4-3-10(11,12)13)7-9-8(6-14)2-5-16-9/h2,5H,3-4,6-7,14H2,1H3. The minimum atomic E-state index is -4.12. The lowest BCUT2D eigenvalue weighted by Crippen LogP contribution is -2.24. The van der Waals surface area contributed by atoms with Gasteiger partial charge in [-0.2, -0.15) is 13.2 Å². The van der Waals surface area contributed by atoms with E-state index in [1.54, 1.807) is 18.0 Å². The largest absolute Gasteiger partial charge is 0.468 e. The molecule has 0 aliphatic rings. The summed E-state index contributed by atoms with van der Waals surface area (Å²) >= 11 is 0. The fourth-order valence-electron chi connectivity index (χ4n) is 1.33. The number of nitrogens with zero attached hydrogens (tertiary/aromatic N) is 1. The number of halogens is 3. The zero-order valence-electron chi connectivity index (χ0n) is 9.05. The highest BCUT2D eigenvalue weighted by Gasteiger charge is 2.27. The van der Waals surface area contributed by atoms with Crippen LogP contribution in [0.4, 0.5) is 13.2 Å². The smallest absolute Gasteiger partial charge is 0.390 e. The highest BCUT2D eigenvalue weighted by molar-refractivity contribution is 5.16. The van der Waals surface area contributed by atoms with Crippen LogP contribution in [0.15, 0.2) is 16.7 Å². The second-order valence-corrected chi connectivity index (χ2v) is 3.68. The van der Waals surface area contributed by atoms with Crippen LogP contribution in [0.25, 0.3) is 0 Å². The van der Waals surface area contributed by atoms with Gasteiger partial charge in [0.15, 0.2) is 0 Å². The van der Waals surface area contributed by atoms with Crippen LogP contribution < -0.4 is 5.73 Å². The summed E-state index contributed by atoms with van der Waals surface area (Å²) in [5, 5.41) is 0. The number of alkyl halides is 3. The quantitative estimate of drug-likeness (QED) is 0.851. The Kier molecular flexibility index (Phi) is 4.37. The van der Waals surface area contributed by atoms with Crippen molar-refractivity contribution in [2.45, 2.75) is 25.7 Å². The molecule has 0 saturated carbocycles. The van der Waals surface area contributed by atoms with Crippen molar-refractivity contribution in [3.63, 3.8) is 0 Å². The van der Waals surface area contributed by atoms with E-state index in [9.17, 15) is 13.2 Å². The highest BCUT2D eigenvalue weighted by Crippen LogP contribution is 2.20. The zero-order chi connectivity index (χ0) is 12.2. The second kappa shape index (κ2) is 5.36. The Morgan fingerprint density at radius 1 is 1.44 bits per heavy atom. The van der Waals surface area contributed by atoms with Gasteiger partial charge < -0.3 is 10.2 Å². The molecule has 3 nitrogen and oxygen atoms in total. The van der Waals surface area contributed by atoms with E-state index in [-0.39, 0.29) is 6.54 Å². The summed E-state index contributed by atoms with van der Waals surface area (Å²) in [6, 6.07) is 1.73. The van der Waals surface area contributed by atoms with E-state index >= 15 is 0 Å². The van der Waals surface area contributed by atoms with Crippen LogP contribution in [0.3, 0.4) is 0 Å². The van der Waals surface area contributed by atoms with Crippen LogP contribution in [-0.4, -0.2) is 24.7 Å². The maximum atomic E-state index is 12.0. The van der Waals surface area contributed by atoms with Gasteiger partial charge >= 0.3 is 6.18 Å². The first-order valence-electron chi connectivity index (χ1n) is 4.93. The molecule has 1 aromatic rings. The Balaban J connectivity index is 2.42. The van der Waals surface area contributed by atoms with Crippen LogP contribution in [0, 0.1) is 0 Å². The Morgan fingerprint density at radius 2 is 2.12 bits per heavy atom. The molecule has 0 saturated heterocycles. The van der Waals surface area contributed by atoms with Crippen LogP contribution in [0.1, 0.15) is 17.7 Å². The maximum absolute atomic E-state index is 12.0. The van der Waals surface area contributed by atoms with Gasteiger partial charge in [-0.05, 0) is 13.1 Å². The zero-order valence-corrected chi connectivity index (χ0v) is 9.05. The number of hydrogen-bond acceptors (Lipinski definition) is 3. The molecule has 0 unspecified atom stereocenters. The molecule has 0 aliphatic heterocycles. The Bertz CT molecular complexity index is 322. The van der Waals surface area contributed by atoms with Crippen molar-refractivity contribution in [1.29, 1.82) is 0 Å². The maximum Gasteiger partial charge on any atom is 0.390 e. The fourth-order valence-corrected chi connectivity index (χ4v) is 1.33. The summed E-state index contributed by atoms with van der Waals surface area (Å²) in [5.41, 5.74) is 6.29. The lowest BCUT2D eigenvalue weighted by atomic mass is 10.2. The predicted octanol–water partition coefficient (Wildman–Crippen LogP) is 2.12. The first-order chi connectivity index (χ1) is 7.42. The molecule has 1 heterocycles. The van der Waals surface area contributed by atoms with Gasteiger partial charge in [0.05, 0.1) is 19.2 Å². The molecule has 1 rings (SSSR count). The SMILES string of the molecule is CN(CCC(F)(F)F)Cc1occc1CN. The average Bonchev–Trinajstić information content (AvgIpc) is 2.61. The molecule has 0 spiro atoms. The van der Waals surface area contributed by atoms with Crippen LogP contribution in [-0.2, 0) is 13.1 Å². The third kappa shape index (κ3) is 4.24. The van der Waals surface area contributed by atoms with Gasteiger partial charge in [0.2, 0.25) is 0 Å². The van der Waals surface area contributed by atoms with E-state index in [4.69, 9.17) is 10.2 Å². The summed E-state index contributed by atoms with van der Waals surface area (Å²) in [6.07, 6.45) is -3.44. The van der Waals surface area contributed by atoms with E-state index < -0.39 is 12.6 Å². The first kappa shape index (κ1) is 13.1. The van der Waals surface area contributed by atoms with E-state index in [2.05, 4.69) is 0 Å². The van der Waals surface area contributed by atoms with Gasteiger partial charge in [-0.15, -0.1) is 0 Å². The van der Waals surface area contributed by atoms with Gasteiger partial charge in [-0.3, -0.25) is 4.90 Å². The molecule has 92 valence electrons. The van der Waals surface area contributed by atoms with Gasteiger partial charge in [-0.1, -0.05) is 0 Å². The molecule has 6 heteroatoms. The molecular formula is C10H15F3N2O. The third-order valence-corrected chi connectivity index (χ3v) is 2.25. The lowest BCUT2D eigenvalue weighted by molar-refractivity contribution is -0.137. The third-order valence-electron chi connectivity index (χ3n) is 2.25. The number of rotatable bonds is 5. The van der Waals surface area contributed by atoms with Crippen molar-refractivity contribution in [1.82, 2.24) is 4.90 Å². The number of hydrogen-bond donors (Lipinski definition) is 1. The predicted molar refractivity (Wildman–Crippen MR) is 53.6 cm³/mol. The van der Waals surface area contributed by atoms with Crippen LogP contribution >= 0.6 is 0 Å². The van der Waals surface area contributed by atoms with Crippen molar-refractivity contribution >= 4 is 0 Å². The molecule has 0 atom stereocenters. The lowest BCUT2D eigenvalue weighted by Gasteiger charge is -2.16. The molecule has 1 aromatic heterocycles.